The molecule has 0 saturated heterocycles. The number of hydrogen-bond acceptors (Lipinski definition) is 5. The average molecular weight is 444 g/mol. The van der Waals surface area contributed by atoms with E-state index in [1.54, 1.807) is 61.7 Å². The number of ketones is 1. The topological polar surface area (TPSA) is 93.7 Å². The van der Waals surface area contributed by atoms with Crippen molar-refractivity contribution in [1.29, 1.82) is 0 Å². The fraction of sp³-hybridized carbons (Fsp3) is 0.115. The normalized spacial score (nSPS) is 10.5. The second-order valence-electron chi connectivity index (χ2n) is 7.09. The van der Waals surface area contributed by atoms with Crippen molar-refractivity contribution in [1.82, 2.24) is 0 Å². The van der Waals surface area contributed by atoms with Crippen LogP contribution < -0.4 is 20.1 Å². The maximum absolute atomic E-state index is 12.5. The van der Waals surface area contributed by atoms with Gasteiger partial charge in [0.1, 0.15) is 11.5 Å². The Morgan fingerprint density at radius 2 is 1.55 bits per heavy atom. The Labute approximate surface area is 192 Å². The number of anilines is 2. The summed E-state index contributed by atoms with van der Waals surface area (Å²) in [7, 11) is 1.60. The largest absolute Gasteiger partial charge is 0.497 e. The van der Waals surface area contributed by atoms with Crippen LogP contribution in [-0.2, 0) is 9.59 Å². The van der Waals surface area contributed by atoms with Crippen LogP contribution in [0.25, 0.3) is 6.08 Å². The van der Waals surface area contributed by atoms with Crippen LogP contribution in [0, 0.1) is 0 Å². The number of amides is 2. The van der Waals surface area contributed by atoms with Crippen LogP contribution in [-0.4, -0.2) is 31.3 Å². The van der Waals surface area contributed by atoms with Crippen molar-refractivity contribution in [2.45, 2.75) is 6.92 Å². The number of benzene rings is 3. The van der Waals surface area contributed by atoms with Gasteiger partial charge in [0.15, 0.2) is 12.4 Å². The first kappa shape index (κ1) is 23.3. The molecule has 3 aromatic carbocycles. The SMILES string of the molecule is COc1ccc(/C=C/C(=O)c2cccc(NC(=O)COc3ccc(NC(C)=O)cc3)c2)cc1. The molecular weight excluding hydrogens is 420 g/mol. The summed E-state index contributed by atoms with van der Waals surface area (Å²) in [6.45, 7) is 1.23. The van der Waals surface area contributed by atoms with Crippen molar-refractivity contribution < 1.29 is 23.9 Å². The van der Waals surface area contributed by atoms with Crippen molar-refractivity contribution >= 4 is 35.0 Å². The number of carbonyl (C=O) groups is 3. The molecule has 168 valence electrons. The highest BCUT2D eigenvalue weighted by Gasteiger charge is 2.07. The lowest BCUT2D eigenvalue weighted by atomic mass is 10.1. The quantitative estimate of drug-likeness (QED) is 0.373. The Morgan fingerprint density at radius 3 is 2.21 bits per heavy atom. The van der Waals surface area contributed by atoms with Gasteiger partial charge in [-0.15, -0.1) is 0 Å². The van der Waals surface area contributed by atoms with Gasteiger partial charge in [0.05, 0.1) is 7.11 Å². The van der Waals surface area contributed by atoms with Gasteiger partial charge in [-0.1, -0.05) is 30.3 Å². The van der Waals surface area contributed by atoms with Gasteiger partial charge in [0.25, 0.3) is 5.91 Å². The van der Waals surface area contributed by atoms with E-state index >= 15 is 0 Å². The number of rotatable bonds is 9. The number of nitrogens with one attached hydrogen (secondary N) is 2. The summed E-state index contributed by atoms with van der Waals surface area (Å²) in [5, 5.41) is 5.38. The zero-order chi connectivity index (χ0) is 23.6. The molecule has 0 bridgehead atoms. The van der Waals surface area contributed by atoms with E-state index < -0.39 is 0 Å². The third-order valence-electron chi connectivity index (χ3n) is 4.52. The molecule has 0 saturated carbocycles. The van der Waals surface area contributed by atoms with E-state index in [-0.39, 0.29) is 24.2 Å². The van der Waals surface area contributed by atoms with Gasteiger partial charge in [-0.3, -0.25) is 14.4 Å². The molecule has 7 heteroatoms. The van der Waals surface area contributed by atoms with E-state index in [1.165, 1.54) is 13.0 Å². The Balaban J connectivity index is 1.54. The first-order chi connectivity index (χ1) is 15.9. The van der Waals surface area contributed by atoms with Crippen LogP contribution in [0.15, 0.2) is 78.9 Å². The lowest BCUT2D eigenvalue weighted by molar-refractivity contribution is -0.118. The molecule has 0 aliphatic carbocycles. The zero-order valence-corrected chi connectivity index (χ0v) is 18.3. The molecule has 0 atom stereocenters. The molecule has 0 unspecified atom stereocenters. The molecule has 3 rings (SSSR count). The monoisotopic (exact) mass is 444 g/mol. The highest BCUT2D eigenvalue weighted by atomic mass is 16.5. The average Bonchev–Trinajstić information content (AvgIpc) is 2.82. The lowest BCUT2D eigenvalue weighted by Crippen LogP contribution is -2.20. The van der Waals surface area contributed by atoms with Gasteiger partial charge >= 0.3 is 0 Å². The van der Waals surface area contributed by atoms with Crippen molar-refractivity contribution in [2.24, 2.45) is 0 Å². The summed E-state index contributed by atoms with van der Waals surface area (Å²) in [4.78, 5) is 35.8. The first-order valence-corrected chi connectivity index (χ1v) is 10.2. The molecule has 33 heavy (non-hydrogen) atoms. The summed E-state index contributed by atoms with van der Waals surface area (Å²) in [6.07, 6.45) is 3.20. The third kappa shape index (κ3) is 7.36. The van der Waals surface area contributed by atoms with Crippen molar-refractivity contribution in [3.63, 3.8) is 0 Å². The van der Waals surface area contributed by atoms with Gasteiger partial charge in [0.2, 0.25) is 5.91 Å². The molecule has 0 radical (unpaired) electrons. The molecule has 3 aromatic rings. The van der Waals surface area contributed by atoms with Gasteiger partial charge in [-0.25, -0.2) is 0 Å². The van der Waals surface area contributed by atoms with Crippen molar-refractivity contribution in [2.75, 3.05) is 24.4 Å². The fourth-order valence-electron chi connectivity index (χ4n) is 2.92. The summed E-state index contributed by atoms with van der Waals surface area (Å²) >= 11 is 0. The van der Waals surface area contributed by atoms with Crippen LogP contribution in [0.1, 0.15) is 22.8 Å². The van der Waals surface area contributed by atoms with Gasteiger partial charge in [-0.05, 0) is 60.2 Å². The number of hydrogen-bond donors (Lipinski definition) is 2. The predicted molar refractivity (Wildman–Crippen MR) is 128 cm³/mol. The third-order valence-corrected chi connectivity index (χ3v) is 4.52. The molecule has 0 aliphatic rings. The minimum absolute atomic E-state index is 0.167. The highest BCUT2D eigenvalue weighted by molar-refractivity contribution is 6.07. The van der Waals surface area contributed by atoms with Crippen LogP contribution in [0.2, 0.25) is 0 Å². The Hall–Kier alpha value is -4.39. The van der Waals surface area contributed by atoms with Crippen LogP contribution in [0.5, 0.6) is 11.5 Å². The maximum Gasteiger partial charge on any atom is 0.262 e. The molecule has 2 N–H and O–H groups in total. The van der Waals surface area contributed by atoms with Crippen molar-refractivity contribution in [3.05, 3.63) is 90.0 Å². The van der Waals surface area contributed by atoms with Gasteiger partial charge in [-0.2, -0.15) is 0 Å². The smallest absolute Gasteiger partial charge is 0.262 e. The van der Waals surface area contributed by atoms with Crippen LogP contribution in [0.3, 0.4) is 0 Å². The molecule has 0 heterocycles. The molecule has 0 fully saturated rings. The highest BCUT2D eigenvalue weighted by Crippen LogP contribution is 2.17. The molecule has 0 aromatic heterocycles. The van der Waals surface area contributed by atoms with E-state index in [0.717, 1.165) is 11.3 Å². The van der Waals surface area contributed by atoms with E-state index in [2.05, 4.69) is 10.6 Å². The first-order valence-electron chi connectivity index (χ1n) is 10.2. The van der Waals surface area contributed by atoms with Crippen LogP contribution in [0.4, 0.5) is 11.4 Å². The molecular formula is C26H24N2O5. The van der Waals surface area contributed by atoms with E-state index in [4.69, 9.17) is 9.47 Å². The summed E-state index contributed by atoms with van der Waals surface area (Å²) in [5.41, 5.74) is 2.46. The number of allylic oxidation sites excluding steroid dienone is 1. The molecule has 2 amide bonds. The second-order valence-corrected chi connectivity index (χ2v) is 7.09. The molecule has 0 aliphatic heterocycles. The van der Waals surface area contributed by atoms with E-state index in [9.17, 15) is 14.4 Å². The Morgan fingerprint density at radius 1 is 0.848 bits per heavy atom. The van der Waals surface area contributed by atoms with E-state index in [1.807, 2.05) is 24.3 Å². The fourth-order valence-corrected chi connectivity index (χ4v) is 2.92. The Bertz CT molecular complexity index is 1150. The molecule has 7 nitrogen and oxygen atoms in total. The van der Waals surface area contributed by atoms with Gasteiger partial charge in [0, 0.05) is 23.9 Å². The van der Waals surface area contributed by atoms with Crippen molar-refractivity contribution in [3.8, 4) is 11.5 Å². The summed E-state index contributed by atoms with van der Waals surface area (Å²) in [5.74, 6) is 0.525. The lowest BCUT2D eigenvalue weighted by Gasteiger charge is -2.09. The summed E-state index contributed by atoms with van der Waals surface area (Å²) in [6, 6.07) is 20.7. The minimum atomic E-state index is -0.362. The number of methoxy groups -OCH3 is 1. The number of carbonyl (C=O) groups excluding carboxylic acids is 3. The minimum Gasteiger partial charge on any atom is -0.497 e. The maximum atomic E-state index is 12.5. The number of ether oxygens (including phenoxy) is 2. The van der Waals surface area contributed by atoms with E-state index in [0.29, 0.717) is 22.7 Å². The Kier molecular flexibility index (Phi) is 7.96. The zero-order valence-electron chi connectivity index (χ0n) is 18.3. The van der Waals surface area contributed by atoms with Gasteiger partial charge < -0.3 is 20.1 Å². The molecule has 0 spiro atoms. The second kappa shape index (κ2) is 11.3. The van der Waals surface area contributed by atoms with Crippen LogP contribution >= 0.6 is 0 Å². The summed E-state index contributed by atoms with van der Waals surface area (Å²) < 4.78 is 10.6. The standard InChI is InChI=1S/C26H24N2O5/c1-18(29)27-21-9-13-24(14-10-21)33-17-26(31)28-22-5-3-4-20(16-22)25(30)15-8-19-6-11-23(32-2)12-7-19/h3-16H,17H2,1-2H3,(H,27,29)(H,28,31)/b15-8+. The predicted octanol–water partition coefficient (Wildman–Crippen LogP) is 4.57.